The molecule has 2 aromatic rings. The van der Waals surface area contributed by atoms with Crippen LogP contribution in [-0.2, 0) is 0 Å². The monoisotopic (exact) mass is 375 g/mol. The van der Waals surface area contributed by atoms with Crippen LogP contribution in [0.4, 0.5) is 10.1 Å². The van der Waals surface area contributed by atoms with E-state index in [4.69, 9.17) is 23.2 Å². The largest absolute Gasteiger partial charge is 0.319 e. The molecule has 0 aliphatic heterocycles. The maximum absolute atomic E-state index is 13.7. The Bertz CT molecular complexity index is 691. The Kier molecular flexibility index (Phi) is 4.68. The molecule has 0 unspecified atom stereocenters. The molecule has 0 radical (unpaired) electrons. The fourth-order valence-electron chi connectivity index (χ4n) is 1.62. The molecular weight excluding hydrogens is 368 g/mol. The van der Waals surface area contributed by atoms with Crippen LogP contribution in [0.1, 0.15) is 15.9 Å². The number of hydrogen-bond donors (Lipinski definition) is 1. The van der Waals surface area contributed by atoms with Crippen LogP contribution in [0.3, 0.4) is 0 Å². The Balaban J connectivity index is 2.38. The van der Waals surface area contributed by atoms with Gasteiger partial charge in [0.2, 0.25) is 0 Å². The zero-order valence-corrected chi connectivity index (χ0v) is 13.4. The van der Waals surface area contributed by atoms with Crippen LogP contribution in [0, 0.1) is 12.7 Å². The van der Waals surface area contributed by atoms with E-state index in [1.807, 2.05) is 0 Å². The second-order valence-electron chi connectivity index (χ2n) is 4.13. The summed E-state index contributed by atoms with van der Waals surface area (Å²) in [6, 6.07) is 7.47. The van der Waals surface area contributed by atoms with Gasteiger partial charge in [0.25, 0.3) is 5.91 Å². The van der Waals surface area contributed by atoms with E-state index in [2.05, 4.69) is 21.2 Å². The number of carbonyl (C=O) groups excluding carboxylic acids is 1. The van der Waals surface area contributed by atoms with E-state index >= 15 is 0 Å². The topological polar surface area (TPSA) is 29.1 Å². The molecule has 0 aromatic heterocycles. The van der Waals surface area contributed by atoms with Gasteiger partial charge in [-0.15, -0.1) is 0 Å². The smallest absolute Gasteiger partial charge is 0.258 e. The summed E-state index contributed by atoms with van der Waals surface area (Å²) in [6.07, 6.45) is 0. The SMILES string of the molecule is Cc1ccc(Cl)c(NC(=O)c2cc(Br)ccc2F)c1Cl. The first-order chi connectivity index (χ1) is 9.40. The zero-order valence-electron chi connectivity index (χ0n) is 10.3. The maximum Gasteiger partial charge on any atom is 0.258 e. The highest BCUT2D eigenvalue weighted by Crippen LogP contribution is 2.33. The first kappa shape index (κ1) is 15.3. The molecular formula is C14H9BrCl2FNO. The Labute approximate surface area is 134 Å². The highest BCUT2D eigenvalue weighted by Gasteiger charge is 2.16. The van der Waals surface area contributed by atoms with E-state index < -0.39 is 11.7 Å². The summed E-state index contributed by atoms with van der Waals surface area (Å²) in [6.45, 7) is 1.79. The van der Waals surface area contributed by atoms with Gasteiger partial charge in [0.15, 0.2) is 0 Å². The van der Waals surface area contributed by atoms with E-state index in [1.165, 1.54) is 18.2 Å². The van der Waals surface area contributed by atoms with Crippen LogP contribution in [0.15, 0.2) is 34.8 Å². The third-order valence-electron chi connectivity index (χ3n) is 2.70. The van der Waals surface area contributed by atoms with Crippen LogP contribution in [0.5, 0.6) is 0 Å². The lowest BCUT2D eigenvalue weighted by Crippen LogP contribution is -2.14. The third-order valence-corrected chi connectivity index (χ3v) is 3.99. The average Bonchev–Trinajstić information content (AvgIpc) is 2.41. The van der Waals surface area contributed by atoms with Gasteiger partial charge in [-0.25, -0.2) is 4.39 Å². The van der Waals surface area contributed by atoms with Gasteiger partial charge < -0.3 is 5.32 Å². The van der Waals surface area contributed by atoms with Crippen LogP contribution >= 0.6 is 39.1 Å². The molecule has 0 aliphatic carbocycles. The lowest BCUT2D eigenvalue weighted by molar-refractivity contribution is 0.102. The second-order valence-corrected chi connectivity index (χ2v) is 5.83. The molecule has 0 bridgehead atoms. The van der Waals surface area contributed by atoms with E-state index in [0.717, 1.165) is 5.56 Å². The fourth-order valence-corrected chi connectivity index (χ4v) is 2.45. The number of carbonyl (C=O) groups is 1. The number of aryl methyl sites for hydroxylation is 1. The van der Waals surface area contributed by atoms with E-state index in [1.54, 1.807) is 19.1 Å². The number of hydrogen-bond acceptors (Lipinski definition) is 1. The van der Waals surface area contributed by atoms with Crippen LogP contribution < -0.4 is 5.32 Å². The maximum atomic E-state index is 13.7. The van der Waals surface area contributed by atoms with Gasteiger partial charge in [0, 0.05) is 4.47 Å². The Morgan fingerprint density at radius 1 is 1.25 bits per heavy atom. The molecule has 2 aromatic carbocycles. The van der Waals surface area contributed by atoms with Gasteiger partial charge in [-0.1, -0.05) is 45.2 Å². The van der Waals surface area contributed by atoms with Crippen molar-refractivity contribution in [1.29, 1.82) is 0 Å². The first-order valence-electron chi connectivity index (χ1n) is 5.61. The van der Waals surface area contributed by atoms with Crippen molar-refractivity contribution in [3.8, 4) is 0 Å². The highest BCUT2D eigenvalue weighted by molar-refractivity contribution is 9.10. The Hall–Kier alpha value is -1.10. The van der Waals surface area contributed by atoms with Crippen molar-refractivity contribution in [2.75, 3.05) is 5.32 Å². The standard InChI is InChI=1S/C14H9BrCl2FNO/c1-7-2-4-10(16)13(12(7)17)19-14(20)9-6-8(15)3-5-11(9)18/h2-6H,1H3,(H,19,20). The Morgan fingerprint density at radius 2 is 1.95 bits per heavy atom. The van der Waals surface area contributed by atoms with Crippen molar-refractivity contribution in [3.63, 3.8) is 0 Å². The van der Waals surface area contributed by atoms with Gasteiger partial charge in [-0.05, 0) is 36.8 Å². The normalized spacial score (nSPS) is 10.4. The molecule has 0 spiro atoms. The lowest BCUT2D eigenvalue weighted by atomic mass is 10.1. The first-order valence-corrected chi connectivity index (χ1v) is 7.16. The highest BCUT2D eigenvalue weighted by atomic mass is 79.9. The van der Waals surface area contributed by atoms with Crippen molar-refractivity contribution in [2.45, 2.75) is 6.92 Å². The van der Waals surface area contributed by atoms with Gasteiger partial charge in [-0.2, -0.15) is 0 Å². The van der Waals surface area contributed by atoms with E-state index in [9.17, 15) is 9.18 Å². The van der Waals surface area contributed by atoms with Crippen molar-refractivity contribution in [3.05, 3.63) is 61.8 Å². The van der Waals surface area contributed by atoms with Crippen molar-refractivity contribution in [2.24, 2.45) is 0 Å². The molecule has 0 saturated carbocycles. The number of halogens is 4. The summed E-state index contributed by atoms with van der Waals surface area (Å²) in [5.74, 6) is -1.23. The summed E-state index contributed by atoms with van der Waals surface area (Å²) in [5, 5.41) is 3.17. The quantitative estimate of drug-likeness (QED) is 0.741. The Morgan fingerprint density at radius 3 is 2.65 bits per heavy atom. The van der Waals surface area contributed by atoms with E-state index in [0.29, 0.717) is 14.5 Å². The molecule has 0 saturated heterocycles. The molecule has 6 heteroatoms. The molecule has 104 valence electrons. The van der Waals surface area contributed by atoms with Crippen LogP contribution in [0.2, 0.25) is 10.0 Å². The fraction of sp³-hybridized carbons (Fsp3) is 0.0714. The van der Waals surface area contributed by atoms with Crippen LogP contribution in [0.25, 0.3) is 0 Å². The molecule has 20 heavy (non-hydrogen) atoms. The number of anilines is 1. The average molecular weight is 377 g/mol. The minimum absolute atomic E-state index is 0.0898. The summed E-state index contributed by atoms with van der Waals surface area (Å²) >= 11 is 15.3. The van der Waals surface area contributed by atoms with Gasteiger partial charge in [0.1, 0.15) is 5.82 Å². The van der Waals surface area contributed by atoms with Gasteiger partial charge >= 0.3 is 0 Å². The molecule has 0 fully saturated rings. The summed E-state index contributed by atoms with van der Waals surface area (Å²) < 4.78 is 14.3. The predicted molar refractivity (Wildman–Crippen MR) is 83.3 cm³/mol. The minimum atomic E-state index is -0.620. The number of nitrogens with one attached hydrogen (secondary N) is 1. The second kappa shape index (κ2) is 6.12. The van der Waals surface area contributed by atoms with E-state index in [-0.39, 0.29) is 11.3 Å². The molecule has 0 atom stereocenters. The predicted octanol–water partition coefficient (Wildman–Crippen LogP) is 5.46. The molecule has 2 rings (SSSR count). The molecule has 1 amide bonds. The number of amides is 1. The van der Waals surface area contributed by atoms with Crippen molar-refractivity contribution >= 4 is 50.7 Å². The third kappa shape index (κ3) is 3.14. The lowest BCUT2D eigenvalue weighted by Gasteiger charge is -2.11. The summed E-state index contributed by atoms with van der Waals surface area (Å²) in [5.41, 5.74) is 0.951. The molecule has 1 N–H and O–H groups in total. The minimum Gasteiger partial charge on any atom is -0.319 e. The van der Waals surface area contributed by atoms with Crippen molar-refractivity contribution < 1.29 is 9.18 Å². The number of benzene rings is 2. The summed E-state index contributed by atoms with van der Waals surface area (Å²) in [7, 11) is 0. The van der Waals surface area contributed by atoms with Crippen LogP contribution in [-0.4, -0.2) is 5.91 Å². The molecule has 0 aliphatic rings. The van der Waals surface area contributed by atoms with Gasteiger partial charge in [-0.3, -0.25) is 4.79 Å². The zero-order chi connectivity index (χ0) is 14.9. The summed E-state index contributed by atoms with van der Waals surface area (Å²) in [4.78, 5) is 12.1. The molecule has 0 heterocycles. The number of rotatable bonds is 2. The van der Waals surface area contributed by atoms with Crippen molar-refractivity contribution in [1.82, 2.24) is 0 Å². The molecule has 2 nitrogen and oxygen atoms in total. The van der Waals surface area contributed by atoms with Gasteiger partial charge in [0.05, 0.1) is 21.3 Å².